The molecule has 0 saturated carbocycles. The highest BCUT2D eigenvalue weighted by Gasteiger charge is 2.19. The number of hydrogen-bond donors (Lipinski definition) is 0. The fraction of sp³-hybridized carbons (Fsp3) is 0.200. The molecule has 4 heteroatoms. The average Bonchev–Trinajstić information content (AvgIpc) is 2.63. The molecule has 24 heavy (non-hydrogen) atoms. The second kappa shape index (κ2) is 6.73. The summed E-state index contributed by atoms with van der Waals surface area (Å²) < 4.78 is 1.09. The van der Waals surface area contributed by atoms with Crippen LogP contribution in [0.25, 0.3) is 11.3 Å². The monoisotopic (exact) mass is 379 g/mol. The number of halogens is 1. The minimum Gasteiger partial charge on any atom is -0.364 e. The van der Waals surface area contributed by atoms with Gasteiger partial charge in [-0.3, -0.25) is 9.97 Å². The van der Waals surface area contributed by atoms with Crippen LogP contribution in [0.3, 0.4) is 0 Å². The lowest BCUT2D eigenvalue weighted by atomic mass is 10.0. The highest BCUT2D eigenvalue weighted by atomic mass is 79.9. The molecule has 0 atom stereocenters. The summed E-state index contributed by atoms with van der Waals surface area (Å²) in [4.78, 5) is 11.8. The maximum atomic E-state index is 4.93. The van der Waals surface area contributed by atoms with Crippen molar-refractivity contribution in [3.8, 4) is 11.3 Å². The molecule has 1 aliphatic heterocycles. The topological polar surface area (TPSA) is 29.0 Å². The minimum atomic E-state index is 0.840. The van der Waals surface area contributed by atoms with Crippen LogP contribution in [0.2, 0.25) is 0 Å². The van der Waals surface area contributed by atoms with E-state index >= 15 is 0 Å². The minimum absolute atomic E-state index is 0.840. The van der Waals surface area contributed by atoms with Crippen molar-refractivity contribution in [1.29, 1.82) is 0 Å². The van der Waals surface area contributed by atoms with E-state index in [1.54, 1.807) is 0 Å². The molecule has 1 aromatic carbocycles. The van der Waals surface area contributed by atoms with Gasteiger partial charge in [-0.15, -0.1) is 0 Å². The molecule has 1 aliphatic rings. The molecule has 3 aromatic rings. The van der Waals surface area contributed by atoms with Crippen LogP contribution in [0.5, 0.6) is 0 Å². The van der Waals surface area contributed by atoms with E-state index in [9.17, 15) is 0 Å². The molecule has 3 nitrogen and oxygen atoms in total. The van der Waals surface area contributed by atoms with Crippen LogP contribution in [-0.4, -0.2) is 16.5 Å². The highest BCUT2D eigenvalue weighted by molar-refractivity contribution is 9.10. The first-order chi connectivity index (χ1) is 11.8. The summed E-state index contributed by atoms with van der Waals surface area (Å²) in [5.74, 6) is 0. The van der Waals surface area contributed by atoms with Crippen molar-refractivity contribution in [3.05, 3.63) is 76.7 Å². The summed E-state index contributed by atoms with van der Waals surface area (Å²) in [5, 5.41) is 0. The zero-order chi connectivity index (χ0) is 16.4. The lowest BCUT2D eigenvalue weighted by molar-refractivity contribution is 0.671. The number of hydrogen-bond acceptors (Lipinski definition) is 3. The van der Waals surface area contributed by atoms with Crippen molar-refractivity contribution in [2.75, 3.05) is 11.4 Å². The lowest BCUT2D eigenvalue weighted by Gasteiger charge is -2.30. The third-order valence-electron chi connectivity index (χ3n) is 4.35. The first-order valence-electron chi connectivity index (χ1n) is 8.20. The summed E-state index contributed by atoms with van der Waals surface area (Å²) in [6.45, 7) is 1.90. The second-order valence-corrected chi connectivity index (χ2v) is 6.93. The van der Waals surface area contributed by atoms with Gasteiger partial charge < -0.3 is 4.90 Å². The van der Waals surface area contributed by atoms with E-state index in [4.69, 9.17) is 4.98 Å². The Bertz CT molecular complexity index is 831. The van der Waals surface area contributed by atoms with Gasteiger partial charge in [0.2, 0.25) is 0 Å². The van der Waals surface area contributed by atoms with Crippen LogP contribution >= 0.6 is 15.9 Å². The average molecular weight is 380 g/mol. The number of fused-ring (bicyclic) bond motifs is 1. The third kappa shape index (κ3) is 3.20. The van der Waals surface area contributed by atoms with Crippen LogP contribution < -0.4 is 4.90 Å². The Kier molecular flexibility index (Phi) is 4.30. The zero-order valence-electron chi connectivity index (χ0n) is 13.3. The van der Waals surface area contributed by atoms with Crippen molar-refractivity contribution >= 4 is 21.6 Å². The first-order valence-corrected chi connectivity index (χ1v) is 8.99. The first kappa shape index (κ1) is 15.3. The number of pyridine rings is 2. The van der Waals surface area contributed by atoms with Gasteiger partial charge >= 0.3 is 0 Å². The van der Waals surface area contributed by atoms with Gasteiger partial charge in [0.15, 0.2) is 0 Å². The smallest absolute Gasteiger partial charge is 0.0706 e. The van der Waals surface area contributed by atoms with Crippen molar-refractivity contribution in [3.63, 3.8) is 0 Å². The van der Waals surface area contributed by atoms with E-state index in [0.29, 0.717) is 0 Å². The molecule has 0 radical (unpaired) electrons. The maximum absolute atomic E-state index is 4.93. The molecule has 120 valence electrons. The Balaban J connectivity index is 1.63. The van der Waals surface area contributed by atoms with Crippen LogP contribution in [0.1, 0.15) is 17.8 Å². The quantitative estimate of drug-likeness (QED) is 0.650. The molecule has 0 bridgehead atoms. The Morgan fingerprint density at radius 1 is 1.00 bits per heavy atom. The molecular weight excluding hydrogens is 362 g/mol. The fourth-order valence-electron chi connectivity index (χ4n) is 3.16. The Hall–Kier alpha value is -2.20. The van der Waals surface area contributed by atoms with Crippen molar-refractivity contribution in [2.24, 2.45) is 0 Å². The van der Waals surface area contributed by atoms with Crippen LogP contribution in [0, 0.1) is 0 Å². The van der Waals surface area contributed by atoms with Crippen LogP contribution in [0.15, 0.2) is 65.3 Å². The van der Waals surface area contributed by atoms with Gasteiger partial charge in [0.25, 0.3) is 0 Å². The molecule has 0 aliphatic carbocycles. The van der Waals surface area contributed by atoms with Gasteiger partial charge in [-0.05, 0) is 49.2 Å². The molecule has 0 spiro atoms. The van der Waals surface area contributed by atoms with E-state index < -0.39 is 0 Å². The third-order valence-corrected chi connectivity index (χ3v) is 4.88. The van der Waals surface area contributed by atoms with Gasteiger partial charge in [0.1, 0.15) is 0 Å². The normalized spacial score (nSPS) is 13.6. The van der Waals surface area contributed by atoms with E-state index in [1.807, 2.05) is 18.3 Å². The van der Waals surface area contributed by atoms with Crippen molar-refractivity contribution in [1.82, 2.24) is 9.97 Å². The molecular formula is C20H18BrN3. The largest absolute Gasteiger partial charge is 0.364 e. The fourth-order valence-corrected chi connectivity index (χ4v) is 3.42. The molecule has 3 heterocycles. The van der Waals surface area contributed by atoms with Gasteiger partial charge in [-0.25, -0.2) is 0 Å². The predicted octanol–water partition coefficient (Wildman–Crippen LogP) is 4.86. The Labute approximate surface area is 150 Å². The highest BCUT2D eigenvalue weighted by Crippen LogP contribution is 2.30. The molecule has 4 rings (SSSR count). The zero-order valence-corrected chi connectivity index (χ0v) is 14.9. The maximum Gasteiger partial charge on any atom is 0.0706 e. The van der Waals surface area contributed by atoms with Gasteiger partial charge in [-0.1, -0.05) is 34.1 Å². The van der Waals surface area contributed by atoms with Crippen LogP contribution in [0.4, 0.5) is 5.69 Å². The SMILES string of the molecule is Brc1ccc(-c2ccc3c(n2)CCCN3Cc2ccccn2)cc1. The standard InChI is InChI=1S/C20H18BrN3/c21-16-8-6-15(7-9-16)18-10-11-20-19(23-18)5-3-13-24(20)14-17-4-1-2-12-22-17/h1-2,4,6-12H,3,5,13-14H2. The van der Waals surface area contributed by atoms with Gasteiger partial charge in [-0.2, -0.15) is 0 Å². The second-order valence-electron chi connectivity index (χ2n) is 6.02. The van der Waals surface area contributed by atoms with E-state index in [0.717, 1.165) is 47.4 Å². The molecule has 0 amide bonds. The number of aryl methyl sites for hydroxylation is 1. The summed E-state index contributed by atoms with van der Waals surface area (Å²) in [7, 11) is 0. The van der Waals surface area contributed by atoms with Crippen molar-refractivity contribution < 1.29 is 0 Å². The summed E-state index contributed by atoms with van der Waals surface area (Å²) in [6, 6.07) is 18.7. The number of nitrogens with zero attached hydrogens (tertiary/aromatic N) is 3. The van der Waals surface area contributed by atoms with E-state index in [2.05, 4.69) is 68.3 Å². The van der Waals surface area contributed by atoms with E-state index in [1.165, 1.54) is 11.4 Å². The molecule has 2 aromatic heterocycles. The van der Waals surface area contributed by atoms with Crippen LogP contribution in [-0.2, 0) is 13.0 Å². The molecule has 0 saturated heterocycles. The molecule has 0 N–H and O–H groups in total. The number of aromatic nitrogens is 2. The molecule has 0 fully saturated rings. The summed E-state index contributed by atoms with van der Waals surface area (Å²) in [5.41, 5.74) is 5.73. The number of rotatable bonds is 3. The summed E-state index contributed by atoms with van der Waals surface area (Å²) >= 11 is 3.48. The predicted molar refractivity (Wildman–Crippen MR) is 101 cm³/mol. The summed E-state index contributed by atoms with van der Waals surface area (Å²) in [6.07, 6.45) is 4.03. The Morgan fingerprint density at radius 3 is 2.67 bits per heavy atom. The van der Waals surface area contributed by atoms with Gasteiger partial charge in [0, 0.05) is 22.8 Å². The molecule has 0 unspecified atom stereocenters. The van der Waals surface area contributed by atoms with Gasteiger partial charge in [0.05, 0.1) is 29.3 Å². The lowest BCUT2D eigenvalue weighted by Crippen LogP contribution is -2.29. The van der Waals surface area contributed by atoms with Crippen molar-refractivity contribution in [2.45, 2.75) is 19.4 Å². The Morgan fingerprint density at radius 2 is 1.88 bits per heavy atom. The van der Waals surface area contributed by atoms with E-state index in [-0.39, 0.29) is 0 Å². The number of anilines is 1. The number of benzene rings is 1.